The van der Waals surface area contributed by atoms with Crippen molar-refractivity contribution in [1.82, 2.24) is 10.2 Å². The van der Waals surface area contributed by atoms with Crippen LogP contribution < -0.4 is 10.0 Å². The molecular weight excluding hydrogens is 291 g/mol. The first kappa shape index (κ1) is 13.7. The lowest BCUT2D eigenvalue weighted by molar-refractivity contribution is 0.589. The van der Waals surface area contributed by atoms with Crippen LogP contribution in [0, 0.1) is 5.82 Å². The number of hydrogen-bond acceptors (Lipinski definition) is 6. The molecular formula is C10H11FN4O2S2. The van der Waals surface area contributed by atoms with Crippen LogP contribution >= 0.6 is 11.3 Å². The van der Waals surface area contributed by atoms with Crippen LogP contribution in [-0.4, -0.2) is 25.2 Å². The molecule has 2 N–H and O–H groups in total. The molecule has 2 aromatic rings. The molecule has 0 unspecified atom stereocenters. The lowest BCUT2D eigenvalue weighted by Gasteiger charge is -2.20. The standard InChI is InChI=1S/C10H11FN4O2S2/c1-2-15(8-5-3-4-7(11)6-8)19(16,17)10-14-13-9(12)18-10/h3-6H,2H2,1H3,(H2,12,13). The number of benzene rings is 1. The van der Waals surface area contributed by atoms with Crippen molar-refractivity contribution in [3.8, 4) is 0 Å². The average molecular weight is 302 g/mol. The highest BCUT2D eigenvalue weighted by Gasteiger charge is 2.27. The monoisotopic (exact) mass is 302 g/mol. The Kier molecular flexibility index (Phi) is 3.67. The van der Waals surface area contributed by atoms with E-state index in [0.29, 0.717) is 0 Å². The molecule has 0 aliphatic rings. The highest BCUT2D eigenvalue weighted by molar-refractivity contribution is 7.94. The van der Waals surface area contributed by atoms with Gasteiger partial charge in [0.05, 0.1) is 5.69 Å². The average Bonchev–Trinajstić information content (AvgIpc) is 2.77. The van der Waals surface area contributed by atoms with Gasteiger partial charge in [-0.3, -0.25) is 4.31 Å². The van der Waals surface area contributed by atoms with Crippen LogP contribution in [0.5, 0.6) is 0 Å². The Morgan fingerprint density at radius 3 is 2.68 bits per heavy atom. The van der Waals surface area contributed by atoms with E-state index in [1.165, 1.54) is 18.2 Å². The van der Waals surface area contributed by atoms with Gasteiger partial charge in [0.15, 0.2) is 0 Å². The van der Waals surface area contributed by atoms with Crippen molar-refractivity contribution in [2.24, 2.45) is 0 Å². The molecule has 9 heteroatoms. The van der Waals surface area contributed by atoms with Crippen LogP contribution in [0.15, 0.2) is 28.6 Å². The Balaban J connectivity index is 2.47. The van der Waals surface area contributed by atoms with Gasteiger partial charge in [0.2, 0.25) is 5.13 Å². The Bertz CT molecular complexity index is 686. The summed E-state index contributed by atoms with van der Waals surface area (Å²) in [4.78, 5) is 0. The van der Waals surface area contributed by atoms with E-state index in [0.717, 1.165) is 21.7 Å². The van der Waals surface area contributed by atoms with Crippen molar-refractivity contribution >= 4 is 32.2 Å². The predicted octanol–water partition coefficient (Wildman–Crippen LogP) is 1.47. The van der Waals surface area contributed by atoms with E-state index >= 15 is 0 Å². The number of nitrogens with two attached hydrogens (primary N) is 1. The SMILES string of the molecule is CCN(c1cccc(F)c1)S(=O)(=O)c1nnc(N)s1. The van der Waals surface area contributed by atoms with E-state index in [4.69, 9.17) is 5.73 Å². The second kappa shape index (κ2) is 5.10. The molecule has 0 spiro atoms. The van der Waals surface area contributed by atoms with Crippen LogP contribution in [0.2, 0.25) is 0 Å². The molecule has 1 aromatic heterocycles. The third-order valence-corrected chi connectivity index (χ3v) is 5.32. The molecule has 0 aliphatic heterocycles. The Hall–Kier alpha value is -1.74. The maximum absolute atomic E-state index is 13.2. The first-order valence-electron chi connectivity index (χ1n) is 5.32. The molecule has 0 aliphatic carbocycles. The Labute approximate surface area is 113 Å². The molecule has 0 atom stereocenters. The summed E-state index contributed by atoms with van der Waals surface area (Å²) in [5.41, 5.74) is 5.61. The summed E-state index contributed by atoms with van der Waals surface area (Å²) in [6.07, 6.45) is 0. The zero-order chi connectivity index (χ0) is 14.0. The van der Waals surface area contributed by atoms with Crippen molar-refractivity contribution in [2.75, 3.05) is 16.6 Å². The molecule has 0 radical (unpaired) electrons. The molecule has 19 heavy (non-hydrogen) atoms. The molecule has 1 heterocycles. The zero-order valence-electron chi connectivity index (χ0n) is 9.95. The number of aromatic nitrogens is 2. The van der Waals surface area contributed by atoms with Crippen LogP contribution in [-0.2, 0) is 10.0 Å². The maximum atomic E-state index is 13.2. The van der Waals surface area contributed by atoms with Crippen molar-refractivity contribution in [3.05, 3.63) is 30.1 Å². The van der Waals surface area contributed by atoms with Gasteiger partial charge in [-0.05, 0) is 25.1 Å². The van der Waals surface area contributed by atoms with Crippen molar-refractivity contribution in [3.63, 3.8) is 0 Å². The number of sulfonamides is 1. The molecule has 6 nitrogen and oxygen atoms in total. The summed E-state index contributed by atoms with van der Waals surface area (Å²) < 4.78 is 38.7. The van der Waals surface area contributed by atoms with E-state index in [-0.39, 0.29) is 21.7 Å². The van der Waals surface area contributed by atoms with E-state index in [1.807, 2.05) is 0 Å². The first-order chi connectivity index (χ1) is 8.95. The van der Waals surface area contributed by atoms with Crippen LogP contribution in [0.25, 0.3) is 0 Å². The highest BCUT2D eigenvalue weighted by Crippen LogP contribution is 2.26. The summed E-state index contributed by atoms with van der Waals surface area (Å²) in [5, 5.41) is 7.07. The molecule has 0 fully saturated rings. The largest absolute Gasteiger partial charge is 0.374 e. The van der Waals surface area contributed by atoms with Gasteiger partial charge in [0.1, 0.15) is 5.82 Å². The lowest BCUT2D eigenvalue weighted by Crippen LogP contribution is -2.30. The van der Waals surface area contributed by atoms with Gasteiger partial charge in [-0.2, -0.15) is 8.42 Å². The van der Waals surface area contributed by atoms with Gasteiger partial charge in [-0.15, -0.1) is 10.2 Å². The Morgan fingerprint density at radius 2 is 2.16 bits per heavy atom. The predicted molar refractivity (Wildman–Crippen MR) is 70.9 cm³/mol. The van der Waals surface area contributed by atoms with Gasteiger partial charge >= 0.3 is 0 Å². The number of nitrogen functional groups attached to an aromatic ring is 1. The van der Waals surface area contributed by atoms with Gasteiger partial charge in [0, 0.05) is 6.54 Å². The van der Waals surface area contributed by atoms with E-state index in [9.17, 15) is 12.8 Å². The third kappa shape index (κ3) is 2.66. The van der Waals surface area contributed by atoms with E-state index < -0.39 is 15.8 Å². The smallest absolute Gasteiger partial charge is 0.293 e. The summed E-state index contributed by atoms with van der Waals surface area (Å²) >= 11 is 0.769. The van der Waals surface area contributed by atoms with E-state index in [1.54, 1.807) is 6.92 Å². The fraction of sp³-hybridized carbons (Fsp3) is 0.200. The minimum atomic E-state index is -3.87. The van der Waals surface area contributed by atoms with Crippen molar-refractivity contribution in [1.29, 1.82) is 0 Å². The molecule has 0 amide bonds. The minimum Gasteiger partial charge on any atom is -0.374 e. The maximum Gasteiger partial charge on any atom is 0.293 e. The fourth-order valence-electron chi connectivity index (χ4n) is 1.54. The normalized spacial score (nSPS) is 11.5. The summed E-state index contributed by atoms with van der Waals surface area (Å²) in [7, 11) is -3.87. The summed E-state index contributed by atoms with van der Waals surface area (Å²) in [6.45, 7) is 1.79. The number of rotatable bonds is 4. The van der Waals surface area contributed by atoms with Crippen LogP contribution in [0.3, 0.4) is 0 Å². The molecule has 102 valence electrons. The lowest BCUT2D eigenvalue weighted by atomic mass is 10.3. The van der Waals surface area contributed by atoms with Crippen molar-refractivity contribution < 1.29 is 12.8 Å². The molecule has 0 saturated heterocycles. The number of anilines is 2. The van der Waals surface area contributed by atoms with Crippen molar-refractivity contribution in [2.45, 2.75) is 11.3 Å². The number of nitrogens with zero attached hydrogens (tertiary/aromatic N) is 3. The quantitative estimate of drug-likeness (QED) is 0.924. The van der Waals surface area contributed by atoms with Gasteiger partial charge in [0.25, 0.3) is 14.4 Å². The highest BCUT2D eigenvalue weighted by atomic mass is 32.2. The van der Waals surface area contributed by atoms with E-state index in [2.05, 4.69) is 10.2 Å². The zero-order valence-corrected chi connectivity index (χ0v) is 11.6. The first-order valence-corrected chi connectivity index (χ1v) is 7.58. The summed E-state index contributed by atoms with van der Waals surface area (Å²) in [6, 6.07) is 5.34. The fourth-order valence-corrected chi connectivity index (χ4v) is 3.89. The van der Waals surface area contributed by atoms with Gasteiger partial charge < -0.3 is 5.73 Å². The molecule has 2 rings (SSSR count). The van der Waals surface area contributed by atoms with Crippen LogP contribution in [0.4, 0.5) is 15.2 Å². The second-order valence-electron chi connectivity index (χ2n) is 3.56. The summed E-state index contributed by atoms with van der Waals surface area (Å²) in [5.74, 6) is -0.511. The Morgan fingerprint density at radius 1 is 1.42 bits per heavy atom. The molecule has 0 saturated carbocycles. The second-order valence-corrected chi connectivity index (χ2v) is 6.60. The number of hydrogen-bond donors (Lipinski definition) is 1. The minimum absolute atomic E-state index is 0.0638. The molecule has 0 bridgehead atoms. The third-order valence-electron chi connectivity index (χ3n) is 2.32. The van der Waals surface area contributed by atoms with Crippen LogP contribution in [0.1, 0.15) is 6.92 Å². The van der Waals surface area contributed by atoms with Gasteiger partial charge in [-0.1, -0.05) is 17.4 Å². The molecule has 1 aromatic carbocycles. The number of halogens is 1. The van der Waals surface area contributed by atoms with Gasteiger partial charge in [-0.25, -0.2) is 4.39 Å². The topological polar surface area (TPSA) is 89.2 Å².